The van der Waals surface area contributed by atoms with Crippen LogP contribution in [0.4, 0.5) is 10.3 Å². The lowest BCUT2D eigenvalue weighted by Crippen LogP contribution is -2.45. The Morgan fingerprint density at radius 3 is 2.63 bits per heavy atom. The van der Waals surface area contributed by atoms with Gasteiger partial charge >= 0.3 is 0 Å². The zero-order chi connectivity index (χ0) is 24.4. The summed E-state index contributed by atoms with van der Waals surface area (Å²) in [7, 11) is 0. The van der Waals surface area contributed by atoms with E-state index in [4.69, 9.17) is 4.98 Å². The summed E-state index contributed by atoms with van der Waals surface area (Å²) in [4.78, 5) is 33.2. The molecular formula is C27H27FN4O2S. The number of carbonyl (C=O) groups is 1. The lowest BCUT2D eigenvalue weighted by molar-refractivity contribution is -0.125. The van der Waals surface area contributed by atoms with Gasteiger partial charge in [-0.1, -0.05) is 42.0 Å². The number of carbonyl (C=O) groups excluding carboxylic acids is 1. The van der Waals surface area contributed by atoms with Crippen molar-refractivity contribution in [3.05, 3.63) is 92.8 Å². The molecule has 2 aromatic heterocycles. The average Bonchev–Trinajstić information content (AvgIpc) is 3.35. The maximum Gasteiger partial charge on any atom is 0.273 e. The van der Waals surface area contributed by atoms with Gasteiger partial charge < -0.3 is 10.2 Å². The average molecular weight is 491 g/mol. The molecule has 1 N–H and O–H groups in total. The predicted octanol–water partition coefficient (Wildman–Crippen LogP) is 4.49. The van der Waals surface area contributed by atoms with Crippen LogP contribution >= 0.6 is 11.3 Å². The van der Waals surface area contributed by atoms with Crippen molar-refractivity contribution in [1.82, 2.24) is 14.9 Å². The van der Waals surface area contributed by atoms with E-state index in [9.17, 15) is 14.0 Å². The van der Waals surface area contributed by atoms with Crippen LogP contribution in [-0.4, -0.2) is 28.5 Å². The molecule has 1 fully saturated rings. The minimum atomic E-state index is -0.316. The number of halogens is 1. The molecule has 1 aliphatic rings. The van der Waals surface area contributed by atoms with Crippen molar-refractivity contribution < 1.29 is 9.18 Å². The summed E-state index contributed by atoms with van der Waals surface area (Å²) in [6.45, 7) is 4.02. The molecule has 0 saturated carbocycles. The molecule has 6 nitrogen and oxygen atoms in total. The number of hydrogen-bond acceptors (Lipinski definition) is 5. The molecule has 2 aromatic carbocycles. The third-order valence-electron chi connectivity index (χ3n) is 6.46. The Kier molecular flexibility index (Phi) is 6.63. The third-order valence-corrected chi connectivity index (χ3v) is 7.35. The molecule has 0 aliphatic carbocycles. The fourth-order valence-electron chi connectivity index (χ4n) is 4.50. The fourth-order valence-corrected chi connectivity index (χ4v) is 5.28. The lowest BCUT2D eigenvalue weighted by atomic mass is 9.97. The van der Waals surface area contributed by atoms with Crippen LogP contribution in [0.1, 0.15) is 29.5 Å². The van der Waals surface area contributed by atoms with E-state index in [1.54, 1.807) is 16.7 Å². The van der Waals surface area contributed by atoms with Crippen LogP contribution in [0.5, 0.6) is 0 Å². The van der Waals surface area contributed by atoms with Gasteiger partial charge in [-0.05, 0) is 54.5 Å². The van der Waals surface area contributed by atoms with Crippen LogP contribution in [0.2, 0.25) is 0 Å². The molecule has 0 radical (unpaired) electrons. The number of thiophene rings is 1. The number of benzene rings is 2. The van der Waals surface area contributed by atoms with E-state index < -0.39 is 0 Å². The maximum absolute atomic E-state index is 13.4. The third kappa shape index (κ3) is 5.12. The quantitative estimate of drug-likeness (QED) is 0.433. The van der Waals surface area contributed by atoms with E-state index >= 15 is 0 Å². The zero-order valence-corrected chi connectivity index (χ0v) is 20.4. The van der Waals surface area contributed by atoms with Crippen LogP contribution in [-0.2, 0) is 17.9 Å². The Morgan fingerprint density at radius 1 is 1.11 bits per heavy atom. The Bertz CT molecular complexity index is 1400. The van der Waals surface area contributed by atoms with Gasteiger partial charge in [-0.2, -0.15) is 0 Å². The number of anilines is 1. The van der Waals surface area contributed by atoms with E-state index in [1.165, 1.54) is 29.0 Å². The first-order valence-corrected chi connectivity index (χ1v) is 12.7. The molecule has 1 aliphatic heterocycles. The molecule has 5 rings (SSSR count). The van der Waals surface area contributed by atoms with Crippen molar-refractivity contribution in [2.75, 3.05) is 18.0 Å². The Balaban J connectivity index is 1.38. The number of hydrogen-bond donors (Lipinski definition) is 1. The summed E-state index contributed by atoms with van der Waals surface area (Å²) in [6, 6.07) is 16.1. The van der Waals surface area contributed by atoms with Crippen LogP contribution in [0, 0.1) is 18.7 Å². The van der Waals surface area contributed by atoms with Gasteiger partial charge in [-0.25, -0.2) is 9.37 Å². The smallest absolute Gasteiger partial charge is 0.273 e. The summed E-state index contributed by atoms with van der Waals surface area (Å²) >= 11 is 1.37. The van der Waals surface area contributed by atoms with Gasteiger partial charge in [0.2, 0.25) is 11.9 Å². The molecular weight excluding hydrogens is 463 g/mol. The Morgan fingerprint density at radius 2 is 1.86 bits per heavy atom. The largest absolute Gasteiger partial charge is 0.352 e. The molecule has 8 heteroatoms. The molecule has 0 bridgehead atoms. The van der Waals surface area contributed by atoms with Crippen molar-refractivity contribution in [2.45, 2.75) is 32.9 Å². The molecule has 1 atom stereocenters. The van der Waals surface area contributed by atoms with Gasteiger partial charge in [0, 0.05) is 19.6 Å². The minimum absolute atomic E-state index is 0.0133. The van der Waals surface area contributed by atoms with Crippen molar-refractivity contribution in [3.8, 4) is 0 Å². The molecule has 4 aromatic rings. The van der Waals surface area contributed by atoms with Gasteiger partial charge in [0.15, 0.2) is 0 Å². The normalized spacial score (nSPS) is 15.9. The monoisotopic (exact) mass is 490 g/mol. The standard InChI is InChI=1S/C27H27FN4O2S/c1-18-4-6-19(7-5-18)15-29-25(33)21-3-2-13-31(17-21)27-30-23-12-14-35-24(23)26(34)32(27)16-20-8-10-22(28)11-9-20/h4-12,14,21H,2-3,13,15-17H2,1H3,(H,29,33). The molecule has 1 unspecified atom stereocenters. The van der Waals surface area contributed by atoms with Crippen molar-refractivity contribution in [2.24, 2.45) is 5.92 Å². The van der Waals surface area contributed by atoms with Crippen LogP contribution in [0.3, 0.4) is 0 Å². The molecule has 180 valence electrons. The van der Waals surface area contributed by atoms with E-state index in [2.05, 4.69) is 5.32 Å². The first-order chi connectivity index (χ1) is 17.0. The highest BCUT2D eigenvalue weighted by Crippen LogP contribution is 2.25. The topological polar surface area (TPSA) is 67.2 Å². The summed E-state index contributed by atoms with van der Waals surface area (Å²) in [6.07, 6.45) is 1.62. The second kappa shape index (κ2) is 10.00. The van der Waals surface area contributed by atoms with Crippen molar-refractivity contribution in [3.63, 3.8) is 0 Å². The number of amides is 1. The van der Waals surface area contributed by atoms with Crippen LogP contribution in [0.15, 0.2) is 64.8 Å². The van der Waals surface area contributed by atoms with E-state index in [0.29, 0.717) is 35.8 Å². The number of nitrogens with one attached hydrogen (secondary N) is 1. The Hall–Kier alpha value is -3.52. The number of aromatic nitrogens is 2. The number of fused-ring (bicyclic) bond motifs is 1. The van der Waals surface area contributed by atoms with Crippen molar-refractivity contribution in [1.29, 1.82) is 0 Å². The van der Waals surface area contributed by atoms with Gasteiger partial charge in [0.05, 0.1) is 18.0 Å². The highest BCUT2D eigenvalue weighted by Gasteiger charge is 2.28. The molecule has 35 heavy (non-hydrogen) atoms. The number of rotatable bonds is 6. The van der Waals surface area contributed by atoms with E-state index in [0.717, 1.165) is 24.0 Å². The second-order valence-electron chi connectivity index (χ2n) is 9.05. The van der Waals surface area contributed by atoms with Gasteiger partial charge in [0.1, 0.15) is 10.5 Å². The zero-order valence-electron chi connectivity index (χ0n) is 19.5. The fraction of sp³-hybridized carbons (Fsp3) is 0.296. The first-order valence-electron chi connectivity index (χ1n) is 11.8. The molecule has 1 saturated heterocycles. The SMILES string of the molecule is Cc1ccc(CNC(=O)C2CCCN(c3nc4ccsc4c(=O)n3Cc3ccc(F)cc3)C2)cc1. The second-order valence-corrected chi connectivity index (χ2v) is 9.97. The molecule has 1 amide bonds. The highest BCUT2D eigenvalue weighted by atomic mass is 32.1. The summed E-state index contributed by atoms with van der Waals surface area (Å²) < 4.78 is 15.7. The summed E-state index contributed by atoms with van der Waals surface area (Å²) in [5.41, 5.74) is 3.61. The number of piperidine rings is 1. The van der Waals surface area contributed by atoms with Gasteiger partial charge in [-0.15, -0.1) is 11.3 Å². The number of nitrogens with zero attached hydrogens (tertiary/aromatic N) is 3. The molecule has 3 heterocycles. The Labute approximate surface area is 207 Å². The van der Waals surface area contributed by atoms with Gasteiger partial charge in [-0.3, -0.25) is 14.2 Å². The predicted molar refractivity (Wildman–Crippen MR) is 137 cm³/mol. The van der Waals surface area contributed by atoms with Gasteiger partial charge in [0.25, 0.3) is 5.56 Å². The van der Waals surface area contributed by atoms with Crippen LogP contribution in [0.25, 0.3) is 10.2 Å². The lowest BCUT2D eigenvalue weighted by Gasteiger charge is -2.34. The maximum atomic E-state index is 13.4. The minimum Gasteiger partial charge on any atom is -0.352 e. The van der Waals surface area contributed by atoms with E-state index in [1.807, 2.05) is 47.5 Å². The number of aryl methyl sites for hydroxylation is 1. The highest BCUT2D eigenvalue weighted by molar-refractivity contribution is 7.17. The summed E-state index contributed by atoms with van der Waals surface area (Å²) in [5.74, 6) is 0.0628. The van der Waals surface area contributed by atoms with E-state index in [-0.39, 0.29) is 29.7 Å². The first kappa shape index (κ1) is 23.2. The summed E-state index contributed by atoms with van der Waals surface area (Å²) in [5, 5.41) is 4.93. The van der Waals surface area contributed by atoms with Crippen molar-refractivity contribution >= 4 is 33.4 Å². The molecule has 0 spiro atoms. The van der Waals surface area contributed by atoms with Crippen LogP contribution < -0.4 is 15.8 Å².